The molecular formula is C22H34F4. The van der Waals surface area contributed by atoms with Crippen LogP contribution < -0.4 is 0 Å². The monoisotopic (exact) mass is 374 g/mol. The van der Waals surface area contributed by atoms with Crippen LogP contribution in [-0.2, 0) is 0 Å². The third-order valence-electron chi connectivity index (χ3n) is 4.95. The summed E-state index contributed by atoms with van der Waals surface area (Å²) in [6, 6.07) is 0. The van der Waals surface area contributed by atoms with Crippen LogP contribution in [0.2, 0.25) is 0 Å². The second-order valence-electron chi connectivity index (χ2n) is 7.87. The molecule has 150 valence electrons. The van der Waals surface area contributed by atoms with Crippen molar-refractivity contribution in [1.29, 1.82) is 0 Å². The number of halogens is 4. The van der Waals surface area contributed by atoms with Gasteiger partial charge in [-0.1, -0.05) is 60.6 Å². The van der Waals surface area contributed by atoms with E-state index in [0.717, 1.165) is 12.8 Å². The van der Waals surface area contributed by atoms with Crippen LogP contribution in [0.1, 0.15) is 60.3 Å². The fourth-order valence-electron chi connectivity index (χ4n) is 2.54. The average molecular weight is 375 g/mol. The predicted molar refractivity (Wildman–Crippen MR) is 103 cm³/mol. The van der Waals surface area contributed by atoms with Crippen molar-refractivity contribution in [2.45, 2.75) is 66.5 Å². The van der Waals surface area contributed by atoms with Gasteiger partial charge < -0.3 is 0 Å². The molecule has 0 spiro atoms. The van der Waals surface area contributed by atoms with Crippen molar-refractivity contribution in [2.24, 2.45) is 23.7 Å². The van der Waals surface area contributed by atoms with Gasteiger partial charge in [0.1, 0.15) is 5.83 Å². The molecule has 0 radical (unpaired) electrons. The number of alkyl halides is 3. The molecule has 0 saturated carbocycles. The molecule has 0 aromatic carbocycles. The SMILES string of the molecule is C=C(/C=C/C(F)(F)F)/C(F)=C\C(=C)C(C)CCC(C)C(C)CCC(C)C. The van der Waals surface area contributed by atoms with Crippen molar-refractivity contribution in [1.82, 2.24) is 0 Å². The Morgan fingerprint density at radius 1 is 0.885 bits per heavy atom. The van der Waals surface area contributed by atoms with E-state index in [9.17, 15) is 17.6 Å². The lowest BCUT2D eigenvalue weighted by Gasteiger charge is -2.22. The third kappa shape index (κ3) is 11.3. The molecule has 0 nitrogen and oxygen atoms in total. The Labute approximate surface area is 156 Å². The van der Waals surface area contributed by atoms with Gasteiger partial charge in [0.05, 0.1) is 0 Å². The van der Waals surface area contributed by atoms with Crippen LogP contribution in [0.5, 0.6) is 0 Å². The minimum Gasteiger partial charge on any atom is -0.206 e. The quantitative estimate of drug-likeness (QED) is 0.252. The molecule has 0 aliphatic rings. The largest absolute Gasteiger partial charge is 0.409 e. The molecule has 0 bridgehead atoms. The molecular weight excluding hydrogens is 340 g/mol. The van der Waals surface area contributed by atoms with Gasteiger partial charge in [0, 0.05) is 11.6 Å². The van der Waals surface area contributed by atoms with E-state index in [4.69, 9.17) is 0 Å². The molecule has 0 aromatic rings. The second-order valence-corrected chi connectivity index (χ2v) is 7.87. The van der Waals surface area contributed by atoms with Gasteiger partial charge in [0.25, 0.3) is 0 Å². The van der Waals surface area contributed by atoms with Gasteiger partial charge in [-0.2, -0.15) is 13.2 Å². The van der Waals surface area contributed by atoms with Crippen LogP contribution in [0.3, 0.4) is 0 Å². The zero-order valence-corrected chi connectivity index (χ0v) is 16.8. The van der Waals surface area contributed by atoms with E-state index in [1.807, 2.05) is 6.92 Å². The minimum absolute atomic E-state index is 0.0187. The molecule has 0 fully saturated rings. The molecule has 3 atom stereocenters. The van der Waals surface area contributed by atoms with Crippen molar-refractivity contribution in [3.63, 3.8) is 0 Å². The topological polar surface area (TPSA) is 0 Å². The Hall–Kier alpha value is -1.32. The molecule has 3 unspecified atom stereocenters. The zero-order chi connectivity index (χ0) is 20.5. The lowest BCUT2D eigenvalue weighted by Crippen LogP contribution is -2.11. The highest BCUT2D eigenvalue weighted by molar-refractivity contribution is 5.37. The molecule has 0 heterocycles. The Morgan fingerprint density at radius 3 is 1.85 bits per heavy atom. The van der Waals surface area contributed by atoms with Crippen LogP contribution in [0, 0.1) is 23.7 Å². The van der Waals surface area contributed by atoms with E-state index in [1.54, 1.807) is 0 Å². The molecule has 0 amide bonds. The maximum atomic E-state index is 14.0. The van der Waals surface area contributed by atoms with Crippen LogP contribution >= 0.6 is 0 Å². The Balaban J connectivity index is 4.53. The summed E-state index contributed by atoms with van der Waals surface area (Å²) >= 11 is 0. The number of hydrogen-bond donors (Lipinski definition) is 0. The lowest BCUT2D eigenvalue weighted by molar-refractivity contribution is -0.0798. The van der Waals surface area contributed by atoms with Gasteiger partial charge >= 0.3 is 6.18 Å². The fraction of sp³-hybridized carbons (Fsp3) is 0.636. The van der Waals surface area contributed by atoms with Crippen molar-refractivity contribution in [3.8, 4) is 0 Å². The lowest BCUT2D eigenvalue weighted by atomic mass is 9.83. The molecule has 0 rings (SSSR count). The van der Waals surface area contributed by atoms with Crippen molar-refractivity contribution in [3.05, 3.63) is 48.4 Å². The Morgan fingerprint density at radius 2 is 1.38 bits per heavy atom. The molecule has 0 saturated heterocycles. The molecule has 0 aliphatic carbocycles. The predicted octanol–water partition coefficient (Wildman–Crippen LogP) is 8.20. The Kier molecular flexibility index (Phi) is 10.8. The molecule has 0 N–H and O–H groups in total. The average Bonchev–Trinajstić information content (AvgIpc) is 2.53. The number of hydrogen-bond acceptors (Lipinski definition) is 0. The van der Waals surface area contributed by atoms with Gasteiger partial charge in [-0.05, 0) is 54.2 Å². The van der Waals surface area contributed by atoms with E-state index in [0.29, 0.717) is 29.4 Å². The Bertz CT molecular complexity index is 509. The zero-order valence-electron chi connectivity index (χ0n) is 16.8. The van der Waals surface area contributed by atoms with Crippen LogP contribution in [0.4, 0.5) is 17.6 Å². The number of allylic oxidation sites excluding steroid dienone is 6. The third-order valence-corrected chi connectivity index (χ3v) is 4.95. The van der Waals surface area contributed by atoms with E-state index in [2.05, 4.69) is 40.9 Å². The van der Waals surface area contributed by atoms with Gasteiger partial charge in [-0.3, -0.25) is 0 Å². The normalized spacial score (nSPS) is 16.8. The summed E-state index contributed by atoms with van der Waals surface area (Å²) in [5.74, 6) is 1.21. The van der Waals surface area contributed by atoms with Crippen molar-refractivity contribution in [2.75, 3.05) is 0 Å². The first-order valence-corrected chi connectivity index (χ1v) is 9.34. The molecule has 0 aliphatic heterocycles. The second kappa shape index (κ2) is 11.4. The smallest absolute Gasteiger partial charge is 0.206 e. The van der Waals surface area contributed by atoms with Crippen molar-refractivity contribution < 1.29 is 17.6 Å². The van der Waals surface area contributed by atoms with E-state index < -0.39 is 12.0 Å². The summed E-state index contributed by atoms with van der Waals surface area (Å²) in [4.78, 5) is 0. The highest BCUT2D eigenvalue weighted by Crippen LogP contribution is 2.28. The van der Waals surface area contributed by atoms with Crippen LogP contribution in [-0.4, -0.2) is 6.18 Å². The summed E-state index contributed by atoms with van der Waals surface area (Å²) in [5.41, 5.74) is 0.275. The first-order valence-electron chi connectivity index (χ1n) is 9.34. The first-order chi connectivity index (χ1) is 11.8. The highest BCUT2D eigenvalue weighted by Gasteiger charge is 2.22. The first kappa shape index (κ1) is 24.7. The molecule has 4 heteroatoms. The standard InChI is InChI=1S/C22H34F4/c1-15(2)8-9-16(3)17(4)10-11-18(5)20(7)14-21(23)19(6)12-13-22(24,25)26/h12-18H,6-11H2,1-5H3/b13-12+,21-14+. The fourth-order valence-corrected chi connectivity index (χ4v) is 2.54. The van der Waals surface area contributed by atoms with Crippen molar-refractivity contribution >= 4 is 0 Å². The summed E-state index contributed by atoms with van der Waals surface area (Å²) in [7, 11) is 0. The molecule has 26 heavy (non-hydrogen) atoms. The maximum absolute atomic E-state index is 14.0. The summed E-state index contributed by atoms with van der Waals surface area (Å²) < 4.78 is 50.3. The van der Waals surface area contributed by atoms with Gasteiger partial charge in [0.15, 0.2) is 0 Å². The summed E-state index contributed by atoms with van der Waals surface area (Å²) in [6.07, 6.45) is 1.65. The van der Waals surface area contributed by atoms with E-state index in [-0.39, 0.29) is 17.6 Å². The summed E-state index contributed by atoms with van der Waals surface area (Å²) in [5, 5.41) is 0. The van der Waals surface area contributed by atoms with Crippen LogP contribution in [0.15, 0.2) is 48.4 Å². The van der Waals surface area contributed by atoms with Gasteiger partial charge in [0.2, 0.25) is 0 Å². The molecule has 0 aromatic heterocycles. The van der Waals surface area contributed by atoms with E-state index >= 15 is 0 Å². The van der Waals surface area contributed by atoms with Gasteiger partial charge in [-0.25, -0.2) is 4.39 Å². The van der Waals surface area contributed by atoms with Gasteiger partial charge in [-0.15, -0.1) is 0 Å². The summed E-state index contributed by atoms with van der Waals surface area (Å²) in [6.45, 7) is 18.1. The number of rotatable bonds is 11. The maximum Gasteiger partial charge on any atom is 0.409 e. The minimum atomic E-state index is -4.48. The van der Waals surface area contributed by atoms with Crippen LogP contribution in [0.25, 0.3) is 0 Å². The highest BCUT2D eigenvalue weighted by atomic mass is 19.4. The van der Waals surface area contributed by atoms with E-state index in [1.165, 1.54) is 18.9 Å².